The molecule has 0 N–H and O–H groups in total. The van der Waals surface area contributed by atoms with Gasteiger partial charge in [-0.1, -0.05) is 17.8 Å². The lowest BCUT2D eigenvalue weighted by Gasteiger charge is -2.25. The molecule has 1 amide bonds. The van der Waals surface area contributed by atoms with Crippen LogP contribution in [0.2, 0.25) is 0 Å². The quantitative estimate of drug-likeness (QED) is 0.527. The summed E-state index contributed by atoms with van der Waals surface area (Å²) >= 11 is 1.37. The van der Waals surface area contributed by atoms with Crippen LogP contribution in [-0.4, -0.2) is 50.5 Å². The summed E-state index contributed by atoms with van der Waals surface area (Å²) in [6.07, 6.45) is 2.80. The number of piperidine rings is 1. The molecule has 0 aliphatic carbocycles. The van der Waals surface area contributed by atoms with Crippen LogP contribution < -0.4 is 14.3 Å². The maximum Gasteiger partial charge on any atom is 0.279 e. The van der Waals surface area contributed by atoms with Crippen molar-refractivity contribution in [1.29, 1.82) is 0 Å². The summed E-state index contributed by atoms with van der Waals surface area (Å²) in [5, 5.41) is 0. The van der Waals surface area contributed by atoms with Gasteiger partial charge in [0, 0.05) is 31.3 Å². The van der Waals surface area contributed by atoms with Crippen molar-refractivity contribution in [1.82, 2.24) is 8.87 Å². The van der Waals surface area contributed by atoms with Crippen LogP contribution in [0.15, 0.2) is 46.3 Å². The van der Waals surface area contributed by atoms with Crippen LogP contribution >= 0.6 is 11.3 Å². The van der Waals surface area contributed by atoms with Crippen LogP contribution in [0.25, 0.3) is 10.2 Å². The maximum atomic E-state index is 12.9. The zero-order valence-corrected chi connectivity index (χ0v) is 20.5. The lowest BCUT2D eigenvalue weighted by molar-refractivity contribution is 0.0997. The smallest absolute Gasteiger partial charge is 0.279 e. The van der Waals surface area contributed by atoms with E-state index in [-0.39, 0.29) is 4.90 Å². The van der Waals surface area contributed by atoms with E-state index in [9.17, 15) is 13.2 Å². The minimum absolute atomic E-state index is 0.197. The molecule has 0 spiro atoms. The number of aromatic nitrogens is 1. The van der Waals surface area contributed by atoms with Gasteiger partial charge in [-0.2, -0.15) is 9.30 Å². The van der Waals surface area contributed by atoms with Crippen LogP contribution in [0.5, 0.6) is 11.5 Å². The number of methoxy groups -OCH3 is 2. The van der Waals surface area contributed by atoms with Crippen LogP contribution in [0.4, 0.5) is 0 Å². The normalized spacial score (nSPS) is 15.7. The molecule has 1 fully saturated rings. The van der Waals surface area contributed by atoms with E-state index < -0.39 is 15.9 Å². The number of aryl methyl sites for hydroxylation is 1. The van der Waals surface area contributed by atoms with Gasteiger partial charge in [-0.3, -0.25) is 4.79 Å². The summed E-state index contributed by atoms with van der Waals surface area (Å²) in [6.45, 7) is 3.65. The fourth-order valence-electron chi connectivity index (χ4n) is 3.98. The summed E-state index contributed by atoms with van der Waals surface area (Å²) in [6, 6.07) is 9.71. The number of amides is 1. The van der Waals surface area contributed by atoms with E-state index in [1.165, 1.54) is 39.9 Å². The van der Waals surface area contributed by atoms with E-state index in [4.69, 9.17) is 9.47 Å². The predicted molar refractivity (Wildman–Crippen MR) is 128 cm³/mol. The molecule has 33 heavy (non-hydrogen) atoms. The highest BCUT2D eigenvalue weighted by molar-refractivity contribution is 7.89. The van der Waals surface area contributed by atoms with Crippen LogP contribution in [0.1, 0.15) is 36.5 Å². The topological polar surface area (TPSA) is 90.2 Å². The number of nitrogens with zero attached hydrogens (tertiary/aromatic N) is 3. The average molecular weight is 490 g/mol. The largest absolute Gasteiger partial charge is 0.497 e. The Morgan fingerprint density at radius 1 is 1.06 bits per heavy atom. The maximum absolute atomic E-state index is 12.9. The van der Waals surface area contributed by atoms with Crippen molar-refractivity contribution in [3.05, 3.63) is 46.8 Å². The Labute approximate surface area is 197 Å². The Morgan fingerprint density at radius 3 is 2.36 bits per heavy atom. The van der Waals surface area contributed by atoms with Crippen molar-refractivity contribution in [2.45, 2.75) is 37.6 Å². The molecule has 2 aromatic carbocycles. The van der Waals surface area contributed by atoms with Crippen molar-refractivity contribution in [2.75, 3.05) is 27.3 Å². The van der Waals surface area contributed by atoms with E-state index in [1.54, 1.807) is 20.3 Å². The SMILES string of the molecule is CCn1c(=NC(=O)c2ccc(S(=O)(=O)N3CCCCC3)cc2)sc2cc(OC)cc(OC)c21. The third kappa shape index (κ3) is 4.55. The first kappa shape index (κ1) is 23.5. The lowest BCUT2D eigenvalue weighted by atomic mass is 10.2. The number of ether oxygens (including phenoxy) is 2. The zero-order chi connectivity index (χ0) is 23.6. The highest BCUT2D eigenvalue weighted by atomic mass is 32.2. The molecule has 1 aliphatic rings. The van der Waals surface area contributed by atoms with E-state index in [0.717, 1.165) is 29.5 Å². The Hall–Kier alpha value is -2.69. The van der Waals surface area contributed by atoms with Gasteiger partial charge in [0.05, 0.1) is 23.8 Å². The van der Waals surface area contributed by atoms with Gasteiger partial charge in [0.1, 0.15) is 17.0 Å². The molecule has 176 valence electrons. The first-order chi connectivity index (χ1) is 15.9. The lowest BCUT2D eigenvalue weighted by Crippen LogP contribution is -2.35. The fourth-order valence-corrected chi connectivity index (χ4v) is 6.63. The molecular formula is C23H27N3O5S2. The van der Waals surface area contributed by atoms with Crippen LogP contribution in [0, 0.1) is 0 Å². The van der Waals surface area contributed by atoms with E-state index in [0.29, 0.717) is 41.5 Å². The standard InChI is InChI=1S/C23H27N3O5S2/c1-4-26-21-19(31-3)14-17(30-2)15-20(21)32-23(26)24-22(27)16-8-10-18(11-9-16)33(28,29)25-12-6-5-7-13-25/h8-11,14-15H,4-7,12-13H2,1-3H3. The Bertz CT molecular complexity index is 1330. The Kier molecular flexibility index (Phi) is 6.87. The highest BCUT2D eigenvalue weighted by Crippen LogP contribution is 2.32. The monoisotopic (exact) mass is 489 g/mol. The minimum Gasteiger partial charge on any atom is -0.497 e. The van der Waals surface area contributed by atoms with E-state index in [1.807, 2.05) is 17.6 Å². The second kappa shape index (κ2) is 9.66. The molecule has 0 saturated carbocycles. The highest BCUT2D eigenvalue weighted by Gasteiger charge is 2.26. The molecule has 10 heteroatoms. The van der Waals surface area contributed by atoms with Crippen LogP contribution in [0.3, 0.4) is 0 Å². The molecule has 1 aliphatic heterocycles. The predicted octanol–water partition coefficient (Wildman–Crippen LogP) is 3.66. The third-order valence-electron chi connectivity index (χ3n) is 5.74. The molecule has 0 radical (unpaired) electrons. The summed E-state index contributed by atoms with van der Waals surface area (Å²) in [7, 11) is -0.362. The van der Waals surface area contributed by atoms with Crippen molar-refractivity contribution >= 4 is 37.5 Å². The number of hydrogen-bond donors (Lipinski definition) is 0. The van der Waals surface area contributed by atoms with E-state index in [2.05, 4.69) is 4.99 Å². The number of thiazole rings is 1. The number of fused-ring (bicyclic) bond motifs is 1. The second-order valence-corrected chi connectivity index (χ2v) is 10.7. The number of sulfonamides is 1. The van der Waals surface area contributed by atoms with Gasteiger partial charge in [0.25, 0.3) is 5.91 Å². The van der Waals surface area contributed by atoms with Crippen molar-refractivity contribution in [3.63, 3.8) is 0 Å². The molecule has 0 unspecified atom stereocenters. The fraction of sp³-hybridized carbons (Fsp3) is 0.391. The van der Waals surface area contributed by atoms with Gasteiger partial charge < -0.3 is 14.0 Å². The van der Waals surface area contributed by atoms with Gasteiger partial charge >= 0.3 is 0 Å². The summed E-state index contributed by atoms with van der Waals surface area (Å²) in [5.74, 6) is 0.868. The first-order valence-electron chi connectivity index (χ1n) is 10.8. The van der Waals surface area contributed by atoms with Crippen LogP contribution in [-0.2, 0) is 16.6 Å². The number of carbonyl (C=O) groups excluding carboxylic acids is 1. The molecule has 0 atom stereocenters. The first-order valence-corrected chi connectivity index (χ1v) is 13.1. The van der Waals surface area contributed by atoms with Gasteiger partial charge in [-0.25, -0.2) is 8.42 Å². The molecule has 2 heterocycles. The van der Waals surface area contributed by atoms with Crippen molar-refractivity contribution < 1.29 is 22.7 Å². The molecule has 0 bridgehead atoms. The van der Waals surface area contributed by atoms with Crippen molar-refractivity contribution in [2.24, 2.45) is 4.99 Å². The number of benzene rings is 2. The third-order valence-corrected chi connectivity index (χ3v) is 8.68. The molecule has 8 nitrogen and oxygen atoms in total. The number of carbonyl (C=O) groups is 1. The van der Waals surface area contributed by atoms with Gasteiger partial charge in [-0.15, -0.1) is 0 Å². The van der Waals surface area contributed by atoms with Gasteiger partial charge in [0.15, 0.2) is 4.80 Å². The minimum atomic E-state index is -3.54. The van der Waals surface area contributed by atoms with E-state index >= 15 is 0 Å². The number of rotatable bonds is 6. The Balaban J connectivity index is 1.68. The second-order valence-electron chi connectivity index (χ2n) is 7.71. The molecule has 1 aromatic heterocycles. The Morgan fingerprint density at radius 2 is 1.76 bits per heavy atom. The summed E-state index contributed by atoms with van der Waals surface area (Å²) in [4.78, 5) is 18.0. The summed E-state index contributed by atoms with van der Waals surface area (Å²) in [5.41, 5.74) is 1.18. The zero-order valence-electron chi connectivity index (χ0n) is 18.9. The molecule has 1 saturated heterocycles. The molecular weight excluding hydrogens is 462 g/mol. The van der Waals surface area contributed by atoms with Gasteiger partial charge in [0.2, 0.25) is 10.0 Å². The van der Waals surface area contributed by atoms with Crippen molar-refractivity contribution in [3.8, 4) is 11.5 Å². The van der Waals surface area contributed by atoms with Gasteiger partial charge in [-0.05, 0) is 50.1 Å². The average Bonchev–Trinajstić information content (AvgIpc) is 3.20. The molecule has 4 rings (SSSR count). The summed E-state index contributed by atoms with van der Waals surface area (Å²) < 4.78 is 40.9. The number of hydrogen-bond acceptors (Lipinski definition) is 6. The molecule has 3 aromatic rings.